The molecule has 0 bridgehead atoms. The number of nitrogens with zero attached hydrogens (tertiary/aromatic N) is 4. The van der Waals surface area contributed by atoms with E-state index in [4.69, 9.17) is 9.97 Å². The summed E-state index contributed by atoms with van der Waals surface area (Å²) < 4.78 is 0. The summed E-state index contributed by atoms with van der Waals surface area (Å²) in [4.78, 5) is 17.0. The van der Waals surface area contributed by atoms with Gasteiger partial charge in [0.05, 0.1) is 5.39 Å². The molecule has 0 radical (unpaired) electrons. The highest BCUT2D eigenvalue weighted by Crippen LogP contribution is 2.31. The first-order chi connectivity index (χ1) is 13.2. The summed E-state index contributed by atoms with van der Waals surface area (Å²) in [5.41, 5.74) is 1.26. The Bertz CT molecular complexity index is 924. The largest absolute Gasteiger partial charge is 0.353 e. The van der Waals surface area contributed by atoms with E-state index in [2.05, 4.69) is 72.2 Å². The number of hydrogen-bond donors (Lipinski definition) is 0. The van der Waals surface area contributed by atoms with Gasteiger partial charge in [-0.05, 0) is 18.6 Å². The van der Waals surface area contributed by atoms with E-state index in [1.165, 1.54) is 15.8 Å². The van der Waals surface area contributed by atoms with Gasteiger partial charge in [0.1, 0.15) is 16.5 Å². The van der Waals surface area contributed by atoms with Crippen LogP contribution in [0.4, 0.5) is 5.82 Å². The minimum Gasteiger partial charge on any atom is -0.353 e. The maximum absolute atomic E-state index is 4.87. The second kappa shape index (κ2) is 8.19. The number of thiophene rings is 1. The van der Waals surface area contributed by atoms with Crippen molar-refractivity contribution in [3.63, 3.8) is 0 Å². The molecule has 1 aliphatic heterocycles. The topological polar surface area (TPSA) is 32.3 Å². The van der Waals surface area contributed by atoms with Crippen molar-refractivity contribution < 1.29 is 0 Å². The first kappa shape index (κ1) is 18.1. The molecule has 0 N–H and O–H groups in total. The lowest BCUT2D eigenvalue weighted by Crippen LogP contribution is -2.46. The van der Waals surface area contributed by atoms with E-state index in [0.29, 0.717) is 0 Å². The van der Waals surface area contributed by atoms with Crippen LogP contribution in [0, 0.1) is 6.92 Å². The average Bonchev–Trinajstić information content (AvgIpc) is 3.08. The second-order valence-electron chi connectivity index (χ2n) is 6.99. The molecule has 1 saturated heterocycles. The van der Waals surface area contributed by atoms with Crippen LogP contribution in [0.2, 0.25) is 0 Å². The van der Waals surface area contributed by atoms with Gasteiger partial charge in [0, 0.05) is 44.0 Å². The van der Waals surface area contributed by atoms with Crippen molar-refractivity contribution in [1.29, 1.82) is 0 Å². The molecule has 2 aromatic heterocycles. The quantitative estimate of drug-likeness (QED) is 0.659. The predicted molar refractivity (Wildman–Crippen MR) is 116 cm³/mol. The summed E-state index contributed by atoms with van der Waals surface area (Å²) in [6.07, 6.45) is 5.36. The van der Waals surface area contributed by atoms with E-state index in [1.807, 2.05) is 0 Å². The van der Waals surface area contributed by atoms with Crippen LogP contribution in [-0.4, -0.2) is 47.6 Å². The van der Waals surface area contributed by atoms with Crippen LogP contribution >= 0.6 is 11.3 Å². The SMILES string of the molecule is CCc1nc(N2CCN(CC=Cc3ccccc3)CC2)c2cc(C)sc2n1. The Balaban J connectivity index is 1.42. The van der Waals surface area contributed by atoms with Gasteiger partial charge < -0.3 is 4.90 Å². The highest BCUT2D eigenvalue weighted by Gasteiger charge is 2.21. The van der Waals surface area contributed by atoms with Crippen LogP contribution in [0.5, 0.6) is 0 Å². The van der Waals surface area contributed by atoms with Gasteiger partial charge >= 0.3 is 0 Å². The fourth-order valence-electron chi connectivity index (χ4n) is 3.51. The van der Waals surface area contributed by atoms with E-state index >= 15 is 0 Å². The molecule has 0 saturated carbocycles. The minimum atomic E-state index is 0.879. The lowest BCUT2D eigenvalue weighted by Gasteiger charge is -2.35. The lowest BCUT2D eigenvalue weighted by molar-refractivity contribution is 0.284. The normalized spacial score (nSPS) is 15.9. The van der Waals surface area contributed by atoms with Gasteiger partial charge in [-0.15, -0.1) is 11.3 Å². The number of rotatable bonds is 5. The van der Waals surface area contributed by atoms with E-state index in [9.17, 15) is 0 Å². The zero-order valence-electron chi connectivity index (χ0n) is 16.1. The third kappa shape index (κ3) is 4.20. The summed E-state index contributed by atoms with van der Waals surface area (Å²) in [5.74, 6) is 2.08. The molecule has 1 aromatic carbocycles. The molecule has 5 heteroatoms. The van der Waals surface area contributed by atoms with Crippen LogP contribution in [0.1, 0.15) is 23.2 Å². The fourth-order valence-corrected chi connectivity index (χ4v) is 4.41. The Morgan fingerprint density at radius 2 is 1.85 bits per heavy atom. The second-order valence-corrected chi connectivity index (χ2v) is 8.23. The maximum Gasteiger partial charge on any atom is 0.141 e. The first-order valence-electron chi connectivity index (χ1n) is 9.69. The third-order valence-electron chi connectivity index (χ3n) is 5.00. The molecule has 3 heterocycles. The zero-order chi connectivity index (χ0) is 18.6. The Labute approximate surface area is 165 Å². The number of aryl methyl sites for hydroxylation is 2. The molecule has 1 aliphatic rings. The van der Waals surface area contributed by atoms with Crippen molar-refractivity contribution in [2.24, 2.45) is 0 Å². The number of piperazine rings is 1. The molecule has 0 unspecified atom stereocenters. The third-order valence-corrected chi connectivity index (χ3v) is 5.95. The highest BCUT2D eigenvalue weighted by atomic mass is 32.1. The predicted octanol–water partition coefficient (Wildman–Crippen LogP) is 4.40. The molecule has 0 spiro atoms. The minimum absolute atomic E-state index is 0.879. The van der Waals surface area contributed by atoms with Gasteiger partial charge in [0.15, 0.2) is 0 Å². The van der Waals surface area contributed by atoms with Crippen LogP contribution in [0.15, 0.2) is 42.5 Å². The molecular weight excluding hydrogens is 352 g/mol. The van der Waals surface area contributed by atoms with Gasteiger partial charge in [-0.1, -0.05) is 49.4 Å². The van der Waals surface area contributed by atoms with Crippen molar-refractivity contribution >= 4 is 33.4 Å². The first-order valence-corrected chi connectivity index (χ1v) is 10.5. The summed E-state index contributed by atoms with van der Waals surface area (Å²) in [7, 11) is 0. The smallest absolute Gasteiger partial charge is 0.141 e. The molecule has 3 aromatic rings. The van der Waals surface area contributed by atoms with Gasteiger partial charge in [-0.3, -0.25) is 4.90 Å². The van der Waals surface area contributed by atoms with Crippen molar-refractivity contribution in [3.8, 4) is 0 Å². The van der Waals surface area contributed by atoms with Crippen molar-refractivity contribution in [2.45, 2.75) is 20.3 Å². The summed E-state index contributed by atoms with van der Waals surface area (Å²) in [5, 5.41) is 1.21. The van der Waals surface area contributed by atoms with Crippen LogP contribution in [0.25, 0.3) is 16.3 Å². The van der Waals surface area contributed by atoms with Gasteiger partial charge in [0.2, 0.25) is 0 Å². The van der Waals surface area contributed by atoms with Gasteiger partial charge in [-0.2, -0.15) is 0 Å². The van der Waals surface area contributed by atoms with E-state index < -0.39 is 0 Å². The molecule has 140 valence electrons. The van der Waals surface area contributed by atoms with Crippen molar-refractivity contribution in [1.82, 2.24) is 14.9 Å². The maximum atomic E-state index is 4.87. The molecule has 4 nitrogen and oxygen atoms in total. The molecular formula is C22H26N4S. The summed E-state index contributed by atoms with van der Waals surface area (Å²) in [6, 6.07) is 12.7. The zero-order valence-corrected chi connectivity index (χ0v) is 16.9. The van der Waals surface area contributed by atoms with Gasteiger partial charge in [0.25, 0.3) is 0 Å². The highest BCUT2D eigenvalue weighted by molar-refractivity contribution is 7.18. The lowest BCUT2D eigenvalue weighted by atomic mass is 10.2. The van der Waals surface area contributed by atoms with Gasteiger partial charge in [-0.25, -0.2) is 9.97 Å². The summed E-state index contributed by atoms with van der Waals surface area (Å²) in [6.45, 7) is 9.44. The fraction of sp³-hybridized carbons (Fsp3) is 0.364. The standard InChI is InChI=1S/C22H26N4S/c1-3-20-23-21(19-16-17(2)27-22(19)24-20)26-14-12-25(13-15-26)11-7-10-18-8-5-4-6-9-18/h4-10,16H,3,11-15H2,1-2H3. The Morgan fingerprint density at radius 3 is 2.59 bits per heavy atom. The number of hydrogen-bond acceptors (Lipinski definition) is 5. The molecule has 27 heavy (non-hydrogen) atoms. The number of benzene rings is 1. The van der Waals surface area contributed by atoms with Crippen LogP contribution in [0.3, 0.4) is 0 Å². The molecule has 4 rings (SSSR count). The number of anilines is 1. The Morgan fingerprint density at radius 1 is 1.07 bits per heavy atom. The van der Waals surface area contributed by atoms with E-state index in [0.717, 1.165) is 55.6 Å². The van der Waals surface area contributed by atoms with E-state index in [1.54, 1.807) is 11.3 Å². The summed E-state index contributed by atoms with van der Waals surface area (Å²) >= 11 is 1.77. The Kier molecular flexibility index (Phi) is 5.50. The molecule has 0 atom stereocenters. The number of fused-ring (bicyclic) bond motifs is 1. The van der Waals surface area contributed by atoms with Crippen LogP contribution < -0.4 is 4.90 Å². The molecule has 0 aliphatic carbocycles. The molecule has 0 amide bonds. The average molecular weight is 379 g/mol. The number of aromatic nitrogens is 2. The Hall–Kier alpha value is -2.24. The molecule has 1 fully saturated rings. The van der Waals surface area contributed by atoms with Crippen molar-refractivity contribution in [2.75, 3.05) is 37.6 Å². The van der Waals surface area contributed by atoms with Crippen molar-refractivity contribution in [3.05, 3.63) is 58.7 Å². The monoisotopic (exact) mass is 378 g/mol. The van der Waals surface area contributed by atoms with Crippen LogP contribution in [-0.2, 0) is 6.42 Å². The van der Waals surface area contributed by atoms with E-state index in [-0.39, 0.29) is 0 Å².